The first-order chi connectivity index (χ1) is 11.3. The topological polar surface area (TPSA) is 51.0 Å². The number of hydrogen-bond acceptors (Lipinski definition) is 3. The highest BCUT2D eigenvalue weighted by Gasteiger charge is 2.32. The van der Waals surface area contributed by atoms with Gasteiger partial charge in [-0.3, -0.25) is 9.36 Å². The lowest BCUT2D eigenvalue weighted by Gasteiger charge is -2.25. The van der Waals surface area contributed by atoms with E-state index >= 15 is 0 Å². The minimum Gasteiger partial charge on any atom is -0.341 e. The van der Waals surface area contributed by atoms with E-state index in [4.69, 9.17) is 0 Å². The van der Waals surface area contributed by atoms with E-state index in [1.54, 1.807) is 0 Å². The summed E-state index contributed by atoms with van der Waals surface area (Å²) in [6.07, 6.45) is 6.19. The monoisotopic (exact) mass is 310 g/mol. The van der Waals surface area contributed by atoms with Gasteiger partial charge in [0.15, 0.2) is 5.82 Å². The average molecular weight is 310 g/mol. The van der Waals surface area contributed by atoms with Gasteiger partial charge in [-0.05, 0) is 25.7 Å². The van der Waals surface area contributed by atoms with Gasteiger partial charge in [0.2, 0.25) is 5.91 Å². The number of fused-ring (bicyclic) bond motifs is 1. The number of carbonyl (C=O) groups is 1. The van der Waals surface area contributed by atoms with Gasteiger partial charge in [0, 0.05) is 25.1 Å². The number of rotatable bonds is 2. The highest BCUT2D eigenvalue weighted by atomic mass is 16.2. The normalized spacial score (nSPS) is 21.0. The summed E-state index contributed by atoms with van der Waals surface area (Å²) in [5, 5.41) is 8.81. The largest absolute Gasteiger partial charge is 0.341 e. The smallest absolute Gasteiger partial charge is 0.245 e. The Balaban J connectivity index is 1.75. The molecule has 1 saturated heterocycles. The van der Waals surface area contributed by atoms with Crippen molar-refractivity contribution in [2.45, 2.75) is 44.6 Å². The SMILES string of the molecule is O=C(C1CCCCc2nnc(-c3ccccc3)n21)N1CCCC1. The second-order valence-electron chi connectivity index (χ2n) is 6.47. The Morgan fingerprint density at radius 2 is 1.78 bits per heavy atom. The Labute approximate surface area is 136 Å². The first-order valence-electron chi connectivity index (χ1n) is 8.62. The van der Waals surface area contributed by atoms with E-state index in [1.807, 2.05) is 35.2 Å². The molecular formula is C18H22N4O. The molecule has 3 heterocycles. The Bertz CT molecular complexity index is 688. The number of amides is 1. The molecule has 0 spiro atoms. The quantitative estimate of drug-likeness (QED) is 0.857. The summed E-state index contributed by atoms with van der Waals surface area (Å²) in [4.78, 5) is 15.1. The number of hydrogen-bond donors (Lipinski definition) is 0. The van der Waals surface area contributed by atoms with Crippen molar-refractivity contribution in [1.29, 1.82) is 0 Å². The van der Waals surface area contributed by atoms with Crippen LogP contribution in [0.5, 0.6) is 0 Å². The van der Waals surface area contributed by atoms with Gasteiger partial charge < -0.3 is 4.90 Å². The third kappa shape index (κ3) is 2.64. The second kappa shape index (κ2) is 6.14. The van der Waals surface area contributed by atoms with Crippen LogP contribution < -0.4 is 0 Å². The lowest BCUT2D eigenvalue weighted by Crippen LogP contribution is -2.35. The van der Waals surface area contributed by atoms with Gasteiger partial charge in [-0.15, -0.1) is 10.2 Å². The summed E-state index contributed by atoms with van der Waals surface area (Å²) in [5.41, 5.74) is 1.03. The maximum absolute atomic E-state index is 13.0. The maximum Gasteiger partial charge on any atom is 0.245 e. The zero-order valence-corrected chi connectivity index (χ0v) is 13.3. The van der Waals surface area contributed by atoms with Crippen LogP contribution in [0.4, 0.5) is 0 Å². The van der Waals surface area contributed by atoms with E-state index in [0.717, 1.165) is 68.8 Å². The highest BCUT2D eigenvalue weighted by Crippen LogP contribution is 2.31. The van der Waals surface area contributed by atoms with E-state index in [1.165, 1.54) is 0 Å². The van der Waals surface area contributed by atoms with E-state index in [2.05, 4.69) is 14.8 Å². The van der Waals surface area contributed by atoms with Gasteiger partial charge in [-0.2, -0.15) is 0 Å². The molecule has 1 fully saturated rings. The molecule has 1 aromatic carbocycles. The molecule has 120 valence electrons. The Kier molecular flexibility index (Phi) is 3.85. The molecule has 23 heavy (non-hydrogen) atoms. The predicted octanol–water partition coefficient (Wildman–Crippen LogP) is 2.84. The van der Waals surface area contributed by atoms with Crippen molar-refractivity contribution < 1.29 is 4.79 Å². The van der Waals surface area contributed by atoms with Gasteiger partial charge >= 0.3 is 0 Å². The molecule has 0 saturated carbocycles. The van der Waals surface area contributed by atoms with E-state index in [0.29, 0.717) is 0 Å². The fraction of sp³-hybridized carbons (Fsp3) is 0.500. The maximum atomic E-state index is 13.0. The van der Waals surface area contributed by atoms with Gasteiger partial charge in [-0.25, -0.2) is 0 Å². The van der Waals surface area contributed by atoms with Crippen LogP contribution in [0.3, 0.4) is 0 Å². The van der Waals surface area contributed by atoms with Crippen molar-refractivity contribution in [1.82, 2.24) is 19.7 Å². The standard InChI is InChI=1S/C18H22N4O/c23-18(21-12-6-7-13-21)15-10-4-5-11-16-19-20-17(22(15)16)14-8-2-1-3-9-14/h1-3,8-9,15H,4-7,10-13H2. The molecule has 2 aliphatic rings. The van der Waals surface area contributed by atoms with Gasteiger partial charge in [0.25, 0.3) is 0 Å². The van der Waals surface area contributed by atoms with Crippen LogP contribution in [0.25, 0.3) is 11.4 Å². The Morgan fingerprint density at radius 3 is 2.57 bits per heavy atom. The zero-order valence-electron chi connectivity index (χ0n) is 13.3. The zero-order chi connectivity index (χ0) is 15.6. The molecule has 0 aliphatic carbocycles. The van der Waals surface area contributed by atoms with Crippen LogP contribution in [0.1, 0.15) is 44.0 Å². The molecule has 2 aliphatic heterocycles. The molecule has 0 bridgehead atoms. The summed E-state index contributed by atoms with van der Waals surface area (Å²) in [7, 11) is 0. The summed E-state index contributed by atoms with van der Waals surface area (Å²) in [6.45, 7) is 1.79. The first kappa shape index (κ1) is 14.4. The molecule has 4 rings (SSSR count). The molecule has 0 radical (unpaired) electrons. The summed E-state index contributed by atoms with van der Waals surface area (Å²) in [6, 6.07) is 9.95. The van der Waals surface area contributed by atoms with Gasteiger partial charge in [0.1, 0.15) is 11.9 Å². The van der Waals surface area contributed by atoms with Crippen LogP contribution in [-0.2, 0) is 11.2 Å². The second-order valence-corrected chi connectivity index (χ2v) is 6.47. The third-order valence-corrected chi connectivity index (χ3v) is 4.94. The Morgan fingerprint density at radius 1 is 1.00 bits per heavy atom. The minimum absolute atomic E-state index is 0.143. The molecule has 1 amide bonds. The molecule has 1 unspecified atom stereocenters. The van der Waals surface area contributed by atoms with Crippen molar-refractivity contribution in [3.8, 4) is 11.4 Å². The third-order valence-electron chi connectivity index (χ3n) is 4.94. The number of nitrogens with zero attached hydrogens (tertiary/aromatic N) is 4. The highest BCUT2D eigenvalue weighted by molar-refractivity contribution is 5.81. The van der Waals surface area contributed by atoms with Crippen molar-refractivity contribution in [3.05, 3.63) is 36.2 Å². The fourth-order valence-corrected chi connectivity index (χ4v) is 3.74. The summed E-state index contributed by atoms with van der Waals surface area (Å²) in [5.74, 6) is 2.04. The van der Waals surface area contributed by atoms with Crippen LogP contribution in [-0.4, -0.2) is 38.7 Å². The molecule has 1 aromatic heterocycles. The lowest BCUT2D eigenvalue weighted by molar-refractivity contribution is -0.133. The van der Waals surface area contributed by atoms with Crippen LogP contribution in [0, 0.1) is 0 Å². The predicted molar refractivity (Wildman–Crippen MR) is 87.9 cm³/mol. The van der Waals surface area contributed by atoms with Gasteiger partial charge in [0.05, 0.1) is 0 Å². The average Bonchev–Trinajstić information content (AvgIpc) is 3.22. The number of benzene rings is 1. The van der Waals surface area contributed by atoms with Crippen molar-refractivity contribution in [3.63, 3.8) is 0 Å². The molecule has 5 heteroatoms. The minimum atomic E-state index is -0.143. The molecule has 0 N–H and O–H groups in total. The summed E-state index contributed by atoms with van der Waals surface area (Å²) >= 11 is 0. The number of likely N-dealkylation sites (tertiary alicyclic amines) is 1. The molecule has 5 nitrogen and oxygen atoms in total. The Hall–Kier alpha value is -2.17. The van der Waals surface area contributed by atoms with E-state index in [9.17, 15) is 4.79 Å². The number of carbonyl (C=O) groups excluding carboxylic acids is 1. The van der Waals surface area contributed by atoms with E-state index < -0.39 is 0 Å². The van der Waals surface area contributed by atoms with E-state index in [-0.39, 0.29) is 11.9 Å². The molecule has 2 aromatic rings. The number of aromatic nitrogens is 3. The van der Waals surface area contributed by atoms with Crippen molar-refractivity contribution in [2.24, 2.45) is 0 Å². The lowest BCUT2D eigenvalue weighted by atomic mass is 10.1. The molecule has 1 atom stereocenters. The summed E-state index contributed by atoms with van der Waals surface area (Å²) < 4.78 is 2.11. The van der Waals surface area contributed by atoms with Crippen molar-refractivity contribution in [2.75, 3.05) is 13.1 Å². The van der Waals surface area contributed by atoms with Crippen LogP contribution >= 0.6 is 0 Å². The van der Waals surface area contributed by atoms with Crippen LogP contribution in [0.2, 0.25) is 0 Å². The molecular weight excluding hydrogens is 288 g/mol. The van der Waals surface area contributed by atoms with Crippen molar-refractivity contribution >= 4 is 5.91 Å². The fourth-order valence-electron chi connectivity index (χ4n) is 3.74. The number of aryl methyl sites for hydroxylation is 1. The van der Waals surface area contributed by atoms with Gasteiger partial charge in [-0.1, -0.05) is 36.8 Å². The van der Waals surface area contributed by atoms with Crippen LogP contribution in [0.15, 0.2) is 30.3 Å². The first-order valence-corrected chi connectivity index (χ1v) is 8.62.